The van der Waals surface area contributed by atoms with Gasteiger partial charge in [-0.2, -0.15) is 0 Å². The summed E-state index contributed by atoms with van der Waals surface area (Å²) in [6.45, 7) is 8.76. The van der Waals surface area contributed by atoms with Crippen molar-refractivity contribution in [2.45, 2.75) is 64.4 Å². The summed E-state index contributed by atoms with van der Waals surface area (Å²) in [7, 11) is 0. The molecular formula is C22H27N5O2. The first-order chi connectivity index (χ1) is 13.7. The average Bonchev–Trinajstić information content (AvgIpc) is 2.65. The van der Waals surface area contributed by atoms with Crippen molar-refractivity contribution in [1.82, 2.24) is 20.2 Å². The highest BCUT2D eigenvalue weighted by Crippen LogP contribution is 2.36. The van der Waals surface area contributed by atoms with Gasteiger partial charge in [0.15, 0.2) is 0 Å². The van der Waals surface area contributed by atoms with E-state index in [-0.39, 0.29) is 17.3 Å². The van der Waals surface area contributed by atoms with Crippen molar-refractivity contribution < 1.29 is 9.47 Å². The second kappa shape index (κ2) is 7.31. The first-order valence-corrected chi connectivity index (χ1v) is 9.90. The van der Waals surface area contributed by atoms with Crippen LogP contribution >= 0.6 is 0 Å². The predicted molar refractivity (Wildman–Crippen MR) is 111 cm³/mol. The van der Waals surface area contributed by atoms with E-state index in [4.69, 9.17) is 15.2 Å². The topological polar surface area (TPSA) is 96.0 Å². The second-order valence-electron chi connectivity index (χ2n) is 8.80. The molecule has 0 bridgehead atoms. The molecule has 3 aromatic rings. The molecule has 0 amide bonds. The third kappa shape index (κ3) is 4.52. The van der Waals surface area contributed by atoms with Gasteiger partial charge in [0.25, 0.3) is 0 Å². The summed E-state index contributed by atoms with van der Waals surface area (Å²) in [5.41, 5.74) is 8.31. The normalized spacial score (nSPS) is 18.7. The maximum atomic E-state index is 6.12. The summed E-state index contributed by atoms with van der Waals surface area (Å²) in [6.07, 6.45) is 3.44. The first-order valence-electron chi connectivity index (χ1n) is 9.90. The van der Waals surface area contributed by atoms with Crippen LogP contribution in [0.25, 0.3) is 22.3 Å². The summed E-state index contributed by atoms with van der Waals surface area (Å²) in [6, 6.07) is 9.53. The predicted octanol–water partition coefficient (Wildman–Crippen LogP) is 3.66. The lowest BCUT2D eigenvalue weighted by atomic mass is 9.87. The van der Waals surface area contributed by atoms with Gasteiger partial charge in [-0.05, 0) is 52.0 Å². The highest BCUT2D eigenvalue weighted by atomic mass is 16.5. The molecular weight excluding hydrogens is 366 g/mol. The summed E-state index contributed by atoms with van der Waals surface area (Å²) in [4.78, 5) is 8.98. The first kappa shape index (κ1) is 19.7. The zero-order valence-electron chi connectivity index (χ0n) is 17.3. The molecule has 0 unspecified atom stereocenters. The lowest BCUT2D eigenvalue weighted by Crippen LogP contribution is -2.49. The minimum Gasteiger partial charge on any atom is -0.473 e. The van der Waals surface area contributed by atoms with Crippen LogP contribution in [0.5, 0.6) is 5.88 Å². The molecule has 1 saturated heterocycles. The zero-order chi connectivity index (χ0) is 20.6. The van der Waals surface area contributed by atoms with Gasteiger partial charge in [-0.25, -0.2) is 4.98 Å². The number of hydrogen-bond donors (Lipinski definition) is 1. The maximum Gasteiger partial charge on any atom is 0.233 e. The van der Waals surface area contributed by atoms with Crippen molar-refractivity contribution in [3.05, 3.63) is 42.2 Å². The van der Waals surface area contributed by atoms with Crippen LogP contribution in [0.1, 0.15) is 46.2 Å². The summed E-state index contributed by atoms with van der Waals surface area (Å²) < 4.78 is 12.2. The molecule has 1 aliphatic heterocycles. The molecule has 0 saturated carbocycles. The Morgan fingerprint density at radius 1 is 1.03 bits per heavy atom. The number of pyridine rings is 2. The van der Waals surface area contributed by atoms with Crippen molar-refractivity contribution in [3.63, 3.8) is 0 Å². The SMILES string of the molecule is CC1(C)CC(Oc2ccc(-c3ccc4cnc(CN)cc4n3)nn2)CC(C)(C)O1. The number of fused-ring (bicyclic) bond motifs is 1. The molecule has 0 aliphatic carbocycles. The Kier molecular flexibility index (Phi) is 4.96. The van der Waals surface area contributed by atoms with E-state index in [9.17, 15) is 0 Å². The van der Waals surface area contributed by atoms with E-state index < -0.39 is 0 Å². The standard InChI is InChI=1S/C22H27N5O2/c1-21(2)10-16(11-22(3,4)29-21)28-20-8-7-18(26-27-20)17-6-5-14-13-24-15(12-23)9-19(14)25-17/h5-9,13,16H,10-12,23H2,1-4H3. The Balaban J connectivity index is 1.53. The number of nitrogens with zero attached hydrogens (tertiary/aromatic N) is 4. The van der Waals surface area contributed by atoms with Crippen molar-refractivity contribution in [2.75, 3.05) is 0 Å². The van der Waals surface area contributed by atoms with Gasteiger partial charge in [0.1, 0.15) is 11.8 Å². The van der Waals surface area contributed by atoms with Gasteiger partial charge in [0, 0.05) is 37.0 Å². The van der Waals surface area contributed by atoms with E-state index in [1.54, 1.807) is 6.20 Å². The highest BCUT2D eigenvalue weighted by molar-refractivity contribution is 5.80. The van der Waals surface area contributed by atoms with Crippen LogP contribution in [0.15, 0.2) is 36.5 Å². The molecule has 2 N–H and O–H groups in total. The summed E-state index contributed by atoms with van der Waals surface area (Å²) in [5.74, 6) is 0.516. The van der Waals surface area contributed by atoms with Crippen molar-refractivity contribution >= 4 is 10.9 Å². The molecule has 3 aromatic heterocycles. The Hall–Kier alpha value is -2.64. The minimum atomic E-state index is -0.230. The maximum absolute atomic E-state index is 6.12. The van der Waals surface area contributed by atoms with Crippen molar-refractivity contribution in [3.8, 4) is 17.3 Å². The zero-order valence-corrected chi connectivity index (χ0v) is 17.3. The molecule has 0 aromatic carbocycles. The van der Waals surface area contributed by atoms with Crippen LogP contribution in [-0.4, -0.2) is 37.5 Å². The van der Waals surface area contributed by atoms with Crippen LogP contribution < -0.4 is 10.5 Å². The molecule has 29 heavy (non-hydrogen) atoms. The molecule has 0 spiro atoms. The third-order valence-electron chi connectivity index (χ3n) is 5.02. The van der Waals surface area contributed by atoms with Crippen LogP contribution in [0.4, 0.5) is 0 Å². The highest BCUT2D eigenvalue weighted by Gasteiger charge is 2.40. The van der Waals surface area contributed by atoms with E-state index in [2.05, 4.69) is 47.9 Å². The molecule has 4 rings (SSSR count). The van der Waals surface area contributed by atoms with Gasteiger partial charge in [0.05, 0.1) is 28.1 Å². The molecule has 0 radical (unpaired) electrons. The Bertz CT molecular complexity index is 1000. The van der Waals surface area contributed by atoms with Gasteiger partial charge in [0.2, 0.25) is 5.88 Å². The van der Waals surface area contributed by atoms with Gasteiger partial charge >= 0.3 is 0 Å². The number of hydrogen-bond acceptors (Lipinski definition) is 7. The molecule has 7 nitrogen and oxygen atoms in total. The molecule has 0 atom stereocenters. The van der Waals surface area contributed by atoms with Gasteiger partial charge in [-0.3, -0.25) is 4.98 Å². The lowest BCUT2D eigenvalue weighted by molar-refractivity contribution is -0.182. The number of ether oxygens (including phenoxy) is 2. The fourth-order valence-electron chi connectivity index (χ4n) is 4.09. The Morgan fingerprint density at radius 3 is 2.41 bits per heavy atom. The van der Waals surface area contributed by atoms with E-state index >= 15 is 0 Å². The van der Waals surface area contributed by atoms with E-state index in [1.165, 1.54) is 0 Å². The van der Waals surface area contributed by atoms with Crippen molar-refractivity contribution in [1.29, 1.82) is 0 Å². The smallest absolute Gasteiger partial charge is 0.233 e. The number of rotatable bonds is 4. The van der Waals surface area contributed by atoms with Crippen LogP contribution in [0.3, 0.4) is 0 Å². The second-order valence-corrected chi connectivity index (χ2v) is 8.80. The Labute approximate surface area is 170 Å². The summed E-state index contributed by atoms with van der Waals surface area (Å²) in [5, 5.41) is 9.56. The number of nitrogens with two attached hydrogens (primary N) is 1. The Morgan fingerprint density at radius 2 is 1.76 bits per heavy atom. The molecule has 4 heterocycles. The van der Waals surface area contributed by atoms with E-state index in [0.717, 1.165) is 35.1 Å². The quantitative estimate of drug-likeness (QED) is 0.722. The summed E-state index contributed by atoms with van der Waals surface area (Å²) >= 11 is 0. The molecule has 7 heteroatoms. The molecule has 1 aliphatic rings. The fourth-order valence-corrected chi connectivity index (χ4v) is 4.09. The largest absolute Gasteiger partial charge is 0.473 e. The van der Waals surface area contributed by atoms with Crippen LogP contribution in [0.2, 0.25) is 0 Å². The lowest BCUT2D eigenvalue weighted by Gasteiger charge is -2.44. The van der Waals surface area contributed by atoms with Crippen LogP contribution in [-0.2, 0) is 11.3 Å². The molecule has 1 fully saturated rings. The van der Waals surface area contributed by atoms with Crippen LogP contribution in [0, 0.1) is 0 Å². The van der Waals surface area contributed by atoms with Gasteiger partial charge in [-0.1, -0.05) is 0 Å². The number of aromatic nitrogens is 4. The van der Waals surface area contributed by atoms with Crippen molar-refractivity contribution in [2.24, 2.45) is 5.73 Å². The monoisotopic (exact) mass is 393 g/mol. The van der Waals surface area contributed by atoms with E-state index in [0.29, 0.717) is 18.1 Å². The third-order valence-corrected chi connectivity index (χ3v) is 5.02. The van der Waals surface area contributed by atoms with Gasteiger partial charge < -0.3 is 15.2 Å². The van der Waals surface area contributed by atoms with E-state index in [1.807, 2.05) is 30.3 Å². The average molecular weight is 393 g/mol. The minimum absolute atomic E-state index is 0.0369. The molecule has 152 valence electrons. The van der Waals surface area contributed by atoms with Gasteiger partial charge in [-0.15, -0.1) is 10.2 Å². The fraction of sp³-hybridized carbons (Fsp3) is 0.455.